The number of nitrogens with two attached hydrogens (primary N) is 2. The van der Waals surface area contributed by atoms with Gasteiger partial charge in [-0.05, 0) is 24.7 Å². The van der Waals surface area contributed by atoms with Gasteiger partial charge in [0.15, 0.2) is 0 Å². The van der Waals surface area contributed by atoms with Crippen molar-refractivity contribution < 1.29 is 4.39 Å². The summed E-state index contributed by atoms with van der Waals surface area (Å²) in [5, 5.41) is 4.26. The van der Waals surface area contributed by atoms with Crippen LogP contribution in [0.25, 0.3) is 5.69 Å². The normalized spacial score (nSPS) is 10.6. The molecule has 0 unspecified atom stereocenters. The summed E-state index contributed by atoms with van der Waals surface area (Å²) >= 11 is 0. The molecule has 0 bridgehead atoms. The fraction of sp³-hybridized carbons (Fsp3) is 0.182. The molecule has 1 heterocycles. The molecule has 1 aromatic heterocycles. The van der Waals surface area contributed by atoms with E-state index < -0.39 is 0 Å². The van der Waals surface area contributed by atoms with Crippen LogP contribution in [0.5, 0.6) is 0 Å². The van der Waals surface area contributed by atoms with Gasteiger partial charge in [0.05, 0.1) is 11.4 Å². The van der Waals surface area contributed by atoms with E-state index in [0.717, 1.165) is 5.69 Å². The second-order valence-corrected chi connectivity index (χ2v) is 3.49. The van der Waals surface area contributed by atoms with Crippen molar-refractivity contribution in [2.45, 2.75) is 6.42 Å². The molecule has 2 aromatic rings. The van der Waals surface area contributed by atoms with Gasteiger partial charge in [-0.15, -0.1) is 0 Å². The van der Waals surface area contributed by atoms with Gasteiger partial charge >= 0.3 is 0 Å². The van der Waals surface area contributed by atoms with Crippen molar-refractivity contribution in [3.8, 4) is 5.69 Å². The molecule has 0 fully saturated rings. The predicted molar refractivity (Wildman–Crippen MR) is 60.7 cm³/mol. The zero-order chi connectivity index (χ0) is 11.5. The zero-order valence-corrected chi connectivity index (χ0v) is 8.73. The van der Waals surface area contributed by atoms with Gasteiger partial charge in [0.1, 0.15) is 11.6 Å². The quantitative estimate of drug-likeness (QED) is 0.813. The molecule has 1 aromatic carbocycles. The highest BCUT2D eigenvalue weighted by Gasteiger charge is 2.06. The van der Waals surface area contributed by atoms with E-state index in [9.17, 15) is 4.39 Å². The van der Waals surface area contributed by atoms with Crippen LogP contribution in [0.15, 0.2) is 30.3 Å². The summed E-state index contributed by atoms with van der Waals surface area (Å²) in [6.45, 7) is 0.513. The van der Waals surface area contributed by atoms with E-state index in [-0.39, 0.29) is 5.82 Å². The molecular formula is C11H13FN4. The SMILES string of the molecule is NCCc1cc(N)n(-c2cccc(F)c2)n1. The van der Waals surface area contributed by atoms with Crippen LogP contribution in [-0.2, 0) is 6.42 Å². The molecule has 84 valence electrons. The summed E-state index contributed by atoms with van der Waals surface area (Å²) in [5.74, 6) is 0.168. The first-order valence-electron chi connectivity index (χ1n) is 5.01. The number of anilines is 1. The molecule has 0 saturated carbocycles. The monoisotopic (exact) mass is 220 g/mol. The molecule has 0 aliphatic carbocycles. The number of benzene rings is 1. The third kappa shape index (κ3) is 2.04. The van der Waals surface area contributed by atoms with Crippen LogP contribution < -0.4 is 11.5 Å². The van der Waals surface area contributed by atoms with E-state index in [2.05, 4.69) is 5.10 Å². The minimum atomic E-state index is -0.312. The Morgan fingerprint density at radius 3 is 2.81 bits per heavy atom. The first-order valence-corrected chi connectivity index (χ1v) is 5.01. The first-order chi connectivity index (χ1) is 7.70. The molecule has 2 rings (SSSR count). The number of nitrogen functional groups attached to an aromatic ring is 1. The van der Waals surface area contributed by atoms with Crippen molar-refractivity contribution in [1.82, 2.24) is 9.78 Å². The van der Waals surface area contributed by atoms with Gasteiger partial charge in [-0.2, -0.15) is 5.10 Å². The Labute approximate surface area is 92.7 Å². The lowest BCUT2D eigenvalue weighted by Crippen LogP contribution is -2.05. The van der Waals surface area contributed by atoms with E-state index in [1.165, 1.54) is 16.8 Å². The summed E-state index contributed by atoms with van der Waals surface area (Å²) in [7, 11) is 0. The third-order valence-electron chi connectivity index (χ3n) is 2.24. The van der Waals surface area contributed by atoms with E-state index in [0.29, 0.717) is 24.5 Å². The van der Waals surface area contributed by atoms with Crippen LogP contribution in [0.2, 0.25) is 0 Å². The number of nitrogens with zero attached hydrogens (tertiary/aromatic N) is 2. The van der Waals surface area contributed by atoms with Crippen LogP contribution in [0.1, 0.15) is 5.69 Å². The molecule has 4 nitrogen and oxygen atoms in total. The van der Waals surface area contributed by atoms with Gasteiger partial charge in [0, 0.05) is 12.5 Å². The maximum atomic E-state index is 13.0. The number of hydrogen-bond donors (Lipinski definition) is 2. The molecule has 0 atom stereocenters. The molecule has 0 saturated heterocycles. The lowest BCUT2D eigenvalue weighted by atomic mass is 10.3. The average molecular weight is 220 g/mol. The summed E-state index contributed by atoms with van der Waals surface area (Å²) in [4.78, 5) is 0. The van der Waals surface area contributed by atoms with Crippen molar-refractivity contribution in [3.05, 3.63) is 41.8 Å². The van der Waals surface area contributed by atoms with Crippen LogP contribution >= 0.6 is 0 Å². The molecule has 0 amide bonds. The van der Waals surface area contributed by atoms with Crippen molar-refractivity contribution in [2.24, 2.45) is 5.73 Å². The number of aromatic nitrogens is 2. The van der Waals surface area contributed by atoms with E-state index >= 15 is 0 Å². The van der Waals surface area contributed by atoms with Crippen molar-refractivity contribution >= 4 is 5.82 Å². The Kier molecular flexibility index (Phi) is 2.87. The van der Waals surface area contributed by atoms with Crippen LogP contribution in [-0.4, -0.2) is 16.3 Å². The topological polar surface area (TPSA) is 69.9 Å². The second kappa shape index (κ2) is 4.32. The zero-order valence-electron chi connectivity index (χ0n) is 8.73. The number of rotatable bonds is 3. The Balaban J connectivity index is 2.40. The van der Waals surface area contributed by atoms with Crippen molar-refractivity contribution in [2.75, 3.05) is 12.3 Å². The molecule has 0 radical (unpaired) electrons. The third-order valence-corrected chi connectivity index (χ3v) is 2.24. The maximum Gasteiger partial charge on any atom is 0.127 e. The van der Waals surface area contributed by atoms with Gasteiger partial charge in [-0.1, -0.05) is 6.07 Å². The fourth-order valence-electron chi connectivity index (χ4n) is 1.53. The van der Waals surface area contributed by atoms with E-state index in [1.807, 2.05) is 0 Å². The Hall–Kier alpha value is -1.88. The first kappa shape index (κ1) is 10.6. The standard InChI is InChI=1S/C11H13FN4/c12-8-2-1-3-10(6-8)16-11(14)7-9(15-16)4-5-13/h1-3,6-7H,4-5,13-14H2. The average Bonchev–Trinajstić information content (AvgIpc) is 2.60. The smallest absolute Gasteiger partial charge is 0.127 e. The second-order valence-electron chi connectivity index (χ2n) is 3.49. The highest BCUT2D eigenvalue weighted by molar-refractivity contribution is 5.42. The molecule has 5 heteroatoms. The lowest BCUT2D eigenvalue weighted by molar-refractivity contribution is 0.625. The van der Waals surface area contributed by atoms with Gasteiger partial charge in [-0.25, -0.2) is 9.07 Å². The summed E-state index contributed by atoms with van der Waals surface area (Å²) in [5.41, 5.74) is 12.6. The highest BCUT2D eigenvalue weighted by atomic mass is 19.1. The maximum absolute atomic E-state index is 13.0. The van der Waals surface area contributed by atoms with E-state index in [1.54, 1.807) is 18.2 Å². The van der Waals surface area contributed by atoms with Crippen molar-refractivity contribution in [3.63, 3.8) is 0 Å². The molecular weight excluding hydrogens is 207 g/mol. The van der Waals surface area contributed by atoms with Crippen molar-refractivity contribution in [1.29, 1.82) is 0 Å². The summed E-state index contributed by atoms with van der Waals surface area (Å²) < 4.78 is 14.5. The Morgan fingerprint density at radius 1 is 1.31 bits per heavy atom. The van der Waals surface area contributed by atoms with Crippen LogP contribution in [0.3, 0.4) is 0 Å². The van der Waals surface area contributed by atoms with Gasteiger partial charge in [-0.3, -0.25) is 0 Å². The van der Waals surface area contributed by atoms with E-state index in [4.69, 9.17) is 11.5 Å². The summed E-state index contributed by atoms with van der Waals surface area (Å²) in [6.07, 6.45) is 0.659. The minimum absolute atomic E-state index is 0.312. The number of hydrogen-bond acceptors (Lipinski definition) is 3. The van der Waals surface area contributed by atoms with Crippen LogP contribution in [0, 0.1) is 5.82 Å². The fourth-order valence-corrected chi connectivity index (χ4v) is 1.53. The molecule has 0 aliphatic rings. The lowest BCUT2D eigenvalue weighted by Gasteiger charge is -2.03. The minimum Gasteiger partial charge on any atom is -0.384 e. The molecule has 0 spiro atoms. The van der Waals surface area contributed by atoms with Gasteiger partial charge in [0.25, 0.3) is 0 Å². The van der Waals surface area contributed by atoms with Gasteiger partial charge < -0.3 is 11.5 Å². The Bertz CT molecular complexity index is 492. The van der Waals surface area contributed by atoms with Crippen LogP contribution in [0.4, 0.5) is 10.2 Å². The molecule has 0 aliphatic heterocycles. The number of halogens is 1. The highest BCUT2D eigenvalue weighted by Crippen LogP contribution is 2.15. The molecule has 4 N–H and O–H groups in total. The largest absolute Gasteiger partial charge is 0.384 e. The summed E-state index contributed by atoms with van der Waals surface area (Å²) in [6, 6.07) is 7.88. The Morgan fingerprint density at radius 2 is 2.12 bits per heavy atom. The molecule has 16 heavy (non-hydrogen) atoms. The predicted octanol–water partition coefficient (Wildman–Crippen LogP) is 1.09. The van der Waals surface area contributed by atoms with Gasteiger partial charge in [0.2, 0.25) is 0 Å².